The van der Waals surface area contributed by atoms with E-state index < -0.39 is 0 Å². The lowest BCUT2D eigenvalue weighted by Gasteiger charge is -2.30. The van der Waals surface area contributed by atoms with Crippen LogP contribution in [0.1, 0.15) is 26.2 Å². The Bertz CT molecular complexity index is 97.1. The molecular weight excluding hydrogens is 152 g/mol. The number of hydrogen-bond donors (Lipinski definition) is 1. The summed E-state index contributed by atoms with van der Waals surface area (Å²) in [6, 6.07) is 0. The first-order chi connectivity index (χ1) is 5.86. The zero-order valence-corrected chi connectivity index (χ0v) is 7.96. The maximum Gasteiger partial charge on any atom is 0.0708 e. The predicted octanol–water partition coefficient (Wildman–Crippen LogP) is 0.999. The van der Waals surface area contributed by atoms with Gasteiger partial charge in [0.15, 0.2) is 0 Å². The Balaban J connectivity index is 2.11. The molecular formula is C9H20N2O. The van der Waals surface area contributed by atoms with E-state index in [0.717, 1.165) is 6.61 Å². The van der Waals surface area contributed by atoms with E-state index >= 15 is 0 Å². The first kappa shape index (κ1) is 9.96. The number of nitrogens with zero attached hydrogens (tertiary/aromatic N) is 1. The predicted molar refractivity (Wildman–Crippen MR) is 49.6 cm³/mol. The second kappa shape index (κ2) is 5.51. The summed E-state index contributed by atoms with van der Waals surface area (Å²) >= 11 is 0. The van der Waals surface area contributed by atoms with Crippen LogP contribution in [0, 0.1) is 5.92 Å². The smallest absolute Gasteiger partial charge is 0.0708 e. The summed E-state index contributed by atoms with van der Waals surface area (Å²) in [6.07, 6.45) is 3.76. The minimum Gasteiger partial charge on any atom is -0.304 e. The number of nitrogens with two attached hydrogens (primary N) is 1. The molecule has 0 unspecified atom stereocenters. The van der Waals surface area contributed by atoms with Gasteiger partial charge in [-0.05, 0) is 44.8 Å². The molecule has 0 aromatic rings. The van der Waals surface area contributed by atoms with Gasteiger partial charge in [-0.1, -0.05) is 6.92 Å². The van der Waals surface area contributed by atoms with Crippen molar-refractivity contribution in [1.29, 1.82) is 0 Å². The quantitative estimate of drug-likeness (QED) is 0.643. The molecule has 1 aliphatic heterocycles. The first-order valence-corrected chi connectivity index (χ1v) is 4.90. The fourth-order valence-electron chi connectivity index (χ4n) is 1.83. The summed E-state index contributed by atoms with van der Waals surface area (Å²) in [5.41, 5.74) is 0. The van der Waals surface area contributed by atoms with Gasteiger partial charge in [-0.2, -0.15) is 0 Å². The molecule has 0 aliphatic carbocycles. The molecule has 1 heterocycles. The van der Waals surface area contributed by atoms with Gasteiger partial charge in [-0.15, -0.1) is 0 Å². The summed E-state index contributed by atoms with van der Waals surface area (Å²) in [5, 5.41) is 0. The maximum atomic E-state index is 5.04. The second-order valence-electron chi connectivity index (χ2n) is 3.62. The summed E-state index contributed by atoms with van der Waals surface area (Å²) in [4.78, 5) is 7.18. The molecule has 3 heteroatoms. The largest absolute Gasteiger partial charge is 0.304 e. The summed E-state index contributed by atoms with van der Waals surface area (Å²) in [5.74, 6) is 5.74. The third-order valence-corrected chi connectivity index (χ3v) is 2.58. The van der Waals surface area contributed by atoms with Crippen LogP contribution < -0.4 is 5.90 Å². The molecule has 0 bridgehead atoms. The molecule has 2 N–H and O–H groups in total. The number of likely N-dealkylation sites (tertiary alicyclic amines) is 1. The monoisotopic (exact) mass is 172 g/mol. The van der Waals surface area contributed by atoms with Gasteiger partial charge in [-0.25, -0.2) is 5.90 Å². The Morgan fingerprint density at radius 2 is 2.08 bits per heavy atom. The minimum atomic E-state index is 0.697. The number of piperidine rings is 1. The van der Waals surface area contributed by atoms with E-state index in [9.17, 15) is 0 Å². The highest BCUT2D eigenvalue weighted by atomic mass is 16.6. The molecule has 3 nitrogen and oxygen atoms in total. The average molecular weight is 172 g/mol. The molecule has 12 heavy (non-hydrogen) atoms. The van der Waals surface area contributed by atoms with Crippen LogP contribution in [-0.2, 0) is 4.84 Å². The molecule has 0 aromatic heterocycles. The first-order valence-electron chi connectivity index (χ1n) is 4.90. The van der Waals surface area contributed by atoms with Gasteiger partial charge in [0.05, 0.1) is 6.61 Å². The van der Waals surface area contributed by atoms with Crippen LogP contribution in [0.2, 0.25) is 0 Å². The number of rotatable bonds is 4. The van der Waals surface area contributed by atoms with Crippen molar-refractivity contribution in [2.45, 2.75) is 26.2 Å². The van der Waals surface area contributed by atoms with Crippen molar-refractivity contribution in [2.24, 2.45) is 11.8 Å². The van der Waals surface area contributed by atoms with Crippen molar-refractivity contribution < 1.29 is 4.84 Å². The summed E-state index contributed by atoms with van der Waals surface area (Å²) in [6.45, 7) is 6.66. The highest BCUT2D eigenvalue weighted by Gasteiger charge is 2.17. The molecule has 1 fully saturated rings. The molecule has 1 rings (SSSR count). The van der Waals surface area contributed by atoms with Crippen molar-refractivity contribution in [2.75, 3.05) is 26.2 Å². The molecule has 0 saturated carbocycles. The van der Waals surface area contributed by atoms with Crippen LogP contribution in [0.3, 0.4) is 0 Å². The Kier molecular flexibility index (Phi) is 4.58. The summed E-state index contributed by atoms with van der Waals surface area (Å²) in [7, 11) is 0. The Labute approximate surface area is 74.8 Å². The van der Waals surface area contributed by atoms with Gasteiger partial charge in [0.25, 0.3) is 0 Å². The van der Waals surface area contributed by atoms with Crippen LogP contribution in [0.15, 0.2) is 0 Å². The van der Waals surface area contributed by atoms with E-state index in [1.807, 2.05) is 0 Å². The highest BCUT2D eigenvalue weighted by molar-refractivity contribution is 4.71. The Morgan fingerprint density at radius 3 is 2.58 bits per heavy atom. The van der Waals surface area contributed by atoms with Crippen molar-refractivity contribution in [3.8, 4) is 0 Å². The van der Waals surface area contributed by atoms with Crippen molar-refractivity contribution in [3.05, 3.63) is 0 Å². The lowest BCUT2D eigenvalue weighted by Crippen LogP contribution is -2.35. The normalized spacial score (nSPS) is 21.5. The fourth-order valence-corrected chi connectivity index (χ4v) is 1.83. The maximum absolute atomic E-state index is 5.04. The SMILES string of the molecule is CCCN1CCC(CON)CC1. The molecule has 1 saturated heterocycles. The van der Waals surface area contributed by atoms with Crippen molar-refractivity contribution in [3.63, 3.8) is 0 Å². The molecule has 0 atom stereocenters. The van der Waals surface area contributed by atoms with Crippen molar-refractivity contribution >= 4 is 0 Å². The van der Waals surface area contributed by atoms with Gasteiger partial charge in [0, 0.05) is 0 Å². The zero-order valence-electron chi connectivity index (χ0n) is 7.96. The third-order valence-electron chi connectivity index (χ3n) is 2.58. The molecule has 0 amide bonds. The molecule has 72 valence electrons. The third kappa shape index (κ3) is 3.09. The minimum absolute atomic E-state index is 0.697. The lowest BCUT2D eigenvalue weighted by atomic mass is 9.98. The topological polar surface area (TPSA) is 38.5 Å². The van der Waals surface area contributed by atoms with Crippen LogP contribution in [0.5, 0.6) is 0 Å². The molecule has 0 radical (unpaired) electrons. The van der Waals surface area contributed by atoms with E-state index in [4.69, 9.17) is 5.90 Å². The van der Waals surface area contributed by atoms with Crippen LogP contribution in [0.4, 0.5) is 0 Å². The van der Waals surface area contributed by atoms with Crippen LogP contribution >= 0.6 is 0 Å². The van der Waals surface area contributed by atoms with E-state index in [2.05, 4.69) is 16.7 Å². The van der Waals surface area contributed by atoms with E-state index in [0.29, 0.717) is 5.92 Å². The van der Waals surface area contributed by atoms with Crippen molar-refractivity contribution in [1.82, 2.24) is 4.90 Å². The van der Waals surface area contributed by atoms with Gasteiger partial charge in [-0.3, -0.25) is 0 Å². The Morgan fingerprint density at radius 1 is 1.42 bits per heavy atom. The number of hydrogen-bond acceptors (Lipinski definition) is 3. The van der Waals surface area contributed by atoms with E-state index in [-0.39, 0.29) is 0 Å². The Hall–Kier alpha value is -0.120. The van der Waals surface area contributed by atoms with Gasteiger partial charge in [0.2, 0.25) is 0 Å². The standard InChI is InChI=1S/C9H20N2O/c1-2-5-11-6-3-9(4-7-11)8-12-10/h9H,2-8,10H2,1H3. The van der Waals surface area contributed by atoms with E-state index in [1.54, 1.807) is 0 Å². The fraction of sp³-hybridized carbons (Fsp3) is 1.00. The summed E-state index contributed by atoms with van der Waals surface area (Å²) < 4.78 is 0. The zero-order chi connectivity index (χ0) is 8.81. The second-order valence-corrected chi connectivity index (χ2v) is 3.62. The average Bonchev–Trinajstić information content (AvgIpc) is 2.09. The van der Waals surface area contributed by atoms with Crippen LogP contribution in [-0.4, -0.2) is 31.1 Å². The van der Waals surface area contributed by atoms with E-state index in [1.165, 1.54) is 38.9 Å². The molecule has 0 aromatic carbocycles. The van der Waals surface area contributed by atoms with Gasteiger partial charge < -0.3 is 9.74 Å². The highest BCUT2D eigenvalue weighted by Crippen LogP contribution is 2.16. The molecule has 1 aliphatic rings. The van der Waals surface area contributed by atoms with Gasteiger partial charge >= 0.3 is 0 Å². The molecule has 0 spiro atoms. The van der Waals surface area contributed by atoms with Gasteiger partial charge in [0.1, 0.15) is 0 Å². The van der Waals surface area contributed by atoms with Crippen LogP contribution in [0.25, 0.3) is 0 Å². The lowest BCUT2D eigenvalue weighted by molar-refractivity contribution is 0.0675.